The average molecular weight is 494 g/mol. The minimum Gasteiger partial charge on any atom is -0.486 e. The first-order valence-electron chi connectivity index (χ1n) is 12.2. The van der Waals surface area contributed by atoms with E-state index in [1.54, 1.807) is 18.2 Å². The van der Waals surface area contributed by atoms with Crippen LogP contribution < -0.4 is 10.1 Å². The van der Waals surface area contributed by atoms with Crippen molar-refractivity contribution in [2.75, 3.05) is 33.7 Å². The van der Waals surface area contributed by atoms with Crippen LogP contribution in [0.2, 0.25) is 0 Å². The van der Waals surface area contributed by atoms with Gasteiger partial charge in [0.15, 0.2) is 5.76 Å². The second kappa shape index (κ2) is 11.4. The van der Waals surface area contributed by atoms with Crippen LogP contribution in [0.5, 0.6) is 5.75 Å². The number of rotatable bonds is 9. The molecule has 2 aromatic carbocycles. The Balaban J connectivity index is 1.50. The number of hydrogen-bond acceptors (Lipinski definition) is 5. The minimum absolute atomic E-state index is 0.0215. The summed E-state index contributed by atoms with van der Waals surface area (Å²) in [6.45, 7) is 3.81. The number of carbonyl (C=O) groups is 2. The standard InChI is InChI=1S/C28H32FN3O4/c1-4-26(33)32-14-12-19-8-9-22(17-24(19)27(32)20-6-5-7-21(29)16-20)35-18-23-10-11-25(36-23)28(34)30-13-15-31(2)3/h5-11,16-17,27H,4,12-15,18H2,1-3H3,(H,30,34). The van der Waals surface area contributed by atoms with Crippen molar-refractivity contribution in [2.45, 2.75) is 32.4 Å². The van der Waals surface area contributed by atoms with Crippen molar-refractivity contribution in [2.24, 2.45) is 0 Å². The number of furan rings is 1. The van der Waals surface area contributed by atoms with Crippen LogP contribution in [-0.4, -0.2) is 55.3 Å². The molecular weight excluding hydrogens is 461 g/mol. The number of fused-ring (bicyclic) bond motifs is 1. The molecule has 0 saturated heterocycles. The number of nitrogens with one attached hydrogen (secondary N) is 1. The number of halogens is 1. The molecule has 0 aliphatic carbocycles. The highest BCUT2D eigenvalue weighted by molar-refractivity contribution is 5.91. The van der Waals surface area contributed by atoms with Crippen molar-refractivity contribution >= 4 is 11.8 Å². The molecule has 4 rings (SSSR count). The van der Waals surface area contributed by atoms with Gasteiger partial charge in [-0.2, -0.15) is 0 Å². The number of likely N-dealkylation sites (N-methyl/N-ethyl adjacent to an activating group) is 1. The predicted octanol–water partition coefficient (Wildman–Crippen LogP) is 4.17. The van der Waals surface area contributed by atoms with Crippen molar-refractivity contribution in [3.63, 3.8) is 0 Å². The van der Waals surface area contributed by atoms with Gasteiger partial charge in [0.05, 0.1) is 6.04 Å². The van der Waals surface area contributed by atoms with Gasteiger partial charge in [-0.25, -0.2) is 4.39 Å². The Labute approximate surface area is 210 Å². The predicted molar refractivity (Wildman–Crippen MR) is 134 cm³/mol. The summed E-state index contributed by atoms with van der Waals surface area (Å²) < 4.78 is 25.7. The molecule has 2 amide bonds. The van der Waals surface area contributed by atoms with Crippen molar-refractivity contribution < 1.29 is 23.1 Å². The number of hydrogen-bond donors (Lipinski definition) is 1. The van der Waals surface area contributed by atoms with Crippen molar-refractivity contribution in [3.05, 3.63) is 88.6 Å². The van der Waals surface area contributed by atoms with E-state index in [4.69, 9.17) is 9.15 Å². The summed E-state index contributed by atoms with van der Waals surface area (Å²) in [4.78, 5) is 28.8. The zero-order valence-electron chi connectivity index (χ0n) is 20.9. The molecule has 36 heavy (non-hydrogen) atoms. The lowest BCUT2D eigenvalue weighted by atomic mass is 9.87. The molecule has 3 aromatic rings. The van der Waals surface area contributed by atoms with Crippen LogP contribution in [0.3, 0.4) is 0 Å². The first-order valence-corrected chi connectivity index (χ1v) is 12.2. The van der Waals surface area contributed by atoms with E-state index in [1.807, 2.05) is 55.1 Å². The largest absolute Gasteiger partial charge is 0.486 e. The molecular formula is C28H32FN3O4. The topological polar surface area (TPSA) is 75.0 Å². The van der Waals surface area contributed by atoms with Crippen LogP contribution in [0.4, 0.5) is 4.39 Å². The zero-order chi connectivity index (χ0) is 25.7. The molecule has 7 nitrogen and oxygen atoms in total. The molecule has 0 fully saturated rings. The van der Waals surface area contributed by atoms with Gasteiger partial charge in [-0.1, -0.05) is 25.1 Å². The van der Waals surface area contributed by atoms with Crippen molar-refractivity contribution in [1.82, 2.24) is 15.1 Å². The molecule has 8 heteroatoms. The molecule has 1 unspecified atom stereocenters. The molecule has 1 aliphatic heterocycles. The van der Waals surface area contributed by atoms with Gasteiger partial charge in [0, 0.05) is 26.1 Å². The highest BCUT2D eigenvalue weighted by atomic mass is 19.1. The van der Waals surface area contributed by atoms with Crippen LogP contribution in [0.15, 0.2) is 59.0 Å². The van der Waals surface area contributed by atoms with E-state index in [1.165, 1.54) is 12.1 Å². The van der Waals surface area contributed by atoms with E-state index in [0.29, 0.717) is 31.0 Å². The van der Waals surface area contributed by atoms with E-state index < -0.39 is 0 Å². The smallest absolute Gasteiger partial charge is 0.287 e. The van der Waals surface area contributed by atoms with Gasteiger partial charge in [0.2, 0.25) is 5.91 Å². The molecule has 0 radical (unpaired) electrons. The summed E-state index contributed by atoms with van der Waals surface area (Å²) >= 11 is 0. The number of carbonyl (C=O) groups excluding carboxylic acids is 2. The molecule has 1 N–H and O–H groups in total. The Morgan fingerprint density at radius 1 is 1.17 bits per heavy atom. The number of nitrogens with zero attached hydrogens (tertiary/aromatic N) is 2. The SMILES string of the molecule is CCC(=O)N1CCc2ccc(OCc3ccc(C(=O)NCCN(C)C)o3)cc2C1c1cccc(F)c1. The molecule has 0 saturated carbocycles. The average Bonchev–Trinajstić information content (AvgIpc) is 3.35. The Morgan fingerprint density at radius 3 is 2.75 bits per heavy atom. The normalized spacial score (nSPS) is 15.0. The summed E-state index contributed by atoms with van der Waals surface area (Å²) in [6.07, 6.45) is 1.10. The second-order valence-corrected chi connectivity index (χ2v) is 9.12. The summed E-state index contributed by atoms with van der Waals surface area (Å²) in [5.41, 5.74) is 2.75. The van der Waals surface area contributed by atoms with Crippen LogP contribution in [0, 0.1) is 5.82 Å². The molecule has 1 aliphatic rings. The van der Waals surface area contributed by atoms with Crippen LogP contribution in [0.1, 0.15) is 52.4 Å². The van der Waals surface area contributed by atoms with Gasteiger partial charge >= 0.3 is 0 Å². The quantitative estimate of drug-likeness (QED) is 0.484. The Morgan fingerprint density at radius 2 is 2.00 bits per heavy atom. The fourth-order valence-electron chi connectivity index (χ4n) is 4.40. The third-order valence-electron chi connectivity index (χ3n) is 6.24. The molecule has 1 aromatic heterocycles. The number of benzene rings is 2. The van der Waals surface area contributed by atoms with Crippen LogP contribution >= 0.6 is 0 Å². The van der Waals surface area contributed by atoms with E-state index in [-0.39, 0.29) is 36.0 Å². The molecule has 1 atom stereocenters. The minimum atomic E-state index is -0.387. The second-order valence-electron chi connectivity index (χ2n) is 9.12. The molecule has 0 bridgehead atoms. The summed E-state index contributed by atoms with van der Waals surface area (Å²) in [7, 11) is 3.88. The van der Waals surface area contributed by atoms with Gasteiger partial charge in [-0.05, 0) is 73.6 Å². The first kappa shape index (κ1) is 25.4. The van der Waals surface area contributed by atoms with Gasteiger partial charge in [-0.15, -0.1) is 0 Å². The highest BCUT2D eigenvalue weighted by Gasteiger charge is 2.32. The van der Waals surface area contributed by atoms with E-state index >= 15 is 0 Å². The number of ether oxygens (including phenoxy) is 1. The Kier molecular flexibility index (Phi) is 8.05. The Hall–Kier alpha value is -3.65. The van der Waals surface area contributed by atoms with Gasteiger partial charge < -0.3 is 24.3 Å². The third kappa shape index (κ3) is 5.94. The summed E-state index contributed by atoms with van der Waals surface area (Å²) in [5, 5.41) is 2.82. The Bertz CT molecular complexity index is 1220. The third-order valence-corrected chi connectivity index (χ3v) is 6.24. The van der Waals surface area contributed by atoms with E-state index in [2.05, 4.69) is 5.32 Å². The van der Waals surface area contributed by atoms with Crippen molar-refractivity contribution in [1.29, 1.82) is 0 Å². The highest BCUT2D eigenvalue weighted by Crippen LogP contribution is 2.37. The maximum atomic E-state index is 14.1. The lowest BCUT2D eigenvalue weighted by Crippen LogP contribution is -2.40. The van der Waals surface area contributed by atoms with E-state index in [0.717, 1.165) is 29.7 Å². The summed E-state index contributed by atoms with van der Waals surface area (Å²) in [5.74, 6) is 0.779. The van der Waals surface area contributed by atoms with Crippen LogP contribution in [0.25, 0.3) is 0 Å². The monoisotopic (exact) mass is 493 g/mol. The van der Waals surface area contributed by atoms with Crippen LogP contribution in [-0.2, 0) is 17.8 Å². The zero-order valence-corrected chi connectivity index (χ0v) is 20.9. The fraction of sp³-hybridized carbons (Fsp3) is 0.357. The van der Waals surface area contributed by atoms with E-state index in [9.17, 15) is 14.0 Å². The molecule has 190 valence electrons. The van der Waals surface area contributed by atoms with Gasteiger partial charge in [-0.3, -0.25) is 9.59 Å². The van der Waals surface area contributed by atoms with Crippen molar-refractivity contribution in [3.8, 4) is 5.75 Å². The maximum absolute atomic E-state index is 14.1. The summed E-state index contributed by atoms with van der Waals surface area (Å²) in [6, 6.07) is 15.2. The lowest BCUT2D eigenvalue weighted by Gasteiger charge is -2.38. The number of amides is 2. The first-order chi connectivity index (χ1) is 17.4. The molecule has 0 spiro atoms. The molecule has 2 heterocycles. The fourth-order valence-corrected chi connectivity index (χ4v) is 4.40. The van der Waals surface area contributed by atoms with Gasteiger partial charge in [0.25, 0.3) is 5.91 Å². The maximum Gasteiger partial charge on any atom is 0.287 e. The van der Waals surface area contributed by atoms with Gasteiger partial charge in [0.1, 0.15) is 23.9 Å². The lowest BCUT2D eigenvalue weighted by molar-refractivity contribution is -0.132.